The van der Waals surface area contributed by atoms with Crippen LogP contribution in [-0.4, -0.2) is 58.4 Å². The second kappa shape index (κ2) is 7.97. The molecule has 1 fully saturated rings. The van der Waals surface area contributed by atoms with Crippen LogP contribution in [0.3, 0.4) is 0 Å². The maximum atomic E-state index is 14.0. The minimum atomic E-state index is -0.928. The molecule has 0 spiro atoms. The van der Waals surface area contributed by atoms with Crippen LogP contribution in [0.2, 0.25) is 0 Å². The highest BCUT2D eigenvalue weighted by Crippen LogP contribution is 2.24. The molecule has 1 aliphatic rings. The van der Waals surface area contributed by atoms with E-state index in [4.69, 9.17) is 9.63 Å². The van der Waals surface area contributed by atoms with Crippen LogP contribution in [0.1, 0.15) is 33.8 Å². The monoisotopic (exact) mass is 361 g/mol. The van der Waals surface area contributed by atoms with Crippen LogP contribution in [0.5, 0.6) is 0 Å². The van der Waals surface area contributed by atoms with Gasteiger partial charge in [-0.05, 0) is 38.1 Å². The fourth-order valence-electron chi connectivity index (χ4n) is 3.49. The van der Waals surface area contributed by atoms with Crippen molar-refractivity contribution in [1.29, 1.82) is 0 Å². The zero-order valence-electron chi connectivity index (χ0n) is 15.1. The summed E-state index contributed by atoms with van der Waals surface area (Å²) >= 11 is 0. The number of likely N-dealkylation sites (tertiary alicyclic amines) is 1. The van der Waals surface area contributed by atoms with E-state index in [0.717, 1.165) is 23.6 Å². The van der Waals surface area contributed by atoms with Gasteiger partial charge in [-0.2, -0.15) is 0 Å². The first-order valence-electron chi connectivity index (χ1n) is 8.72. The van der Waals surface area contributed by atoms with Gasteiger partial charge < -0.3 is 14.5 Å². The topological polar surface area (TPSA) is 69.8 Å². The quantitative estimate of drug-likeness (QED) is 0.818. The first-order valence-corrected chi connectivity index (χ1v) is 8.72. The third-order valence-electron chi connectivity index (χ3n) is 4.69. The number of carboxylic acid groups (broad SMARTS) is 1. The van der Waals surface area contributed by atoms with Crippen LogP contribution < -0.4 is 0 Å². The minimum absolute atomic E-state index is 0.110. The Hall–Kier alpha value is -2.25. The zero-order chi connectivity index (χ0) is 18.7. The molecule has 0 saturated carbocycles. The lowest BCUT2D eigenvalue weighted by Gasteiger charge is -2.27. The molecule has 0 aliphatic carbocycles. The summed E-state index contributed by atoms with van der Waals surface area (Å²) < 4.78 is 19.2. The van der Waals surface area contributed by atoms with Gasteiger partial charge in [-0.25, -0.2) is 9.18 Å². The van der Waals surface area contributed by atoms with E-state index < -0.39 is 12.1 Å². The molecule has 2 aromatic rings. The average molecular weight is 361 g/mol. The number of halogens is 1. The smallest absolute Gasteiger partial charge is 0.335 e. The Labute approximate surface area is 152 Å². The molecule has 2 atom stereocenters. The summed E-state index contributed by atoms with van der Waals surface area (Å²) in [6.45, 7) is 4.26. The Morgan fingerprint density at radius 3 is 2.77 bits per heavy atom. The number of carboxylic acids is 1. The first-order chi connectivity index (χ1) is 12.4. The van der Waals surface area contributed by atoms with Crippen molar-refractivity contribution < 1.29 is 18.8 Å². The van der Waals surface area contributed by atoms with E-state index in [-0.39, 0.29) is 11.6 Å². The van der Waals surface area contributed by atoms with Crippen molar-refractivity contribution in [2.75, 3.05) is 20.1 Å². The number of rotatable bonds is 7. The van der Waals surface area contributed by atoms with Crippen LogP contribution in [-0.2, 0) is 13.1 Å². The molecule has 1 aliphatic heterocycles. The number of benzene rings is 1. The molecule has 0 bridgehead atoms. The fraction of sp³-hybridized carbons (Fsp3) is 0.474. The van der Waals surface area contributed by atoms with E-state index in [0.29, 0.717) is 26.1 Å². The normalized spacial score (nSPS) is 20.8. The number of aromatic nitrogens is 1. The van der Waals surface area contributed by atoms with E-state index >= 15 is 0 Å². The molecule has 2 heterocycles. The molecule has 3 rings (SSSR count). The Balaban J connectivity index is 1.57. The molecule has 1 N–H and O–H groups in total. The van der Waals surface area contributed by atoms with Gasteiger partial charge in [0.1, 0.15) is 6.17 Å². The van der Waals surface area contributed by atoms with E-state index in [1.165, 1.54) is 0 Å². The summed E-state index contributed by atoms with van der Waals surface area (Å²) in [5.74, 6) is -0.170. The van der Waals surface area contributed by atoms with Crippen LogP contribution in [0.25, 0.3) is 0 Å². The predicted octanol–water partition coefficient (Wildman–Crippen LogP) is 2.73. The fourth-order valence-corrected chi connectivity index (χ4v) is 3.49. The van der Waals surface area contributed by atoms with Gasteiger partial charge in [-0.1, -0.05) is 17.3 Å². The Kier molecular flexibility index (Phi) is 5.68. The standard InChI is InChI=1S/C19H24FN3O3/c1-13-7-18(26-21-13)12-23-10-16(20)8-17(23)11-22(2)9-14-3-5-15(6-4-14)19(24)25/h3-7,16-17H,8-12H2,1-2H3,(H,24,25)/t16-,17-/m0/s1. The maximum Gasteiger partial charge on any atom is 0.335 e. The maximum absolute atomic E-state index is 14.0. The summed E-state index contributed by atoms with van der Waals surface area (Å²) in [7, 11) is 1.99. The van der Waals surface area contributed by atoms with Gasteiger partial charge in [0.2, 0.25) is 0 Å². The molecule has 0 radical (unpaired) electrons. The average Bonchev–Trinajstić information content (AvgIpc) is 3.13. The number of aryl methyl sites for hydroxylation is 1. The second-order valence-electron chi connectivity index (χ2n) is 7.05. The minimum Gasteiger partial charge on any atom is -0.478 e. The van der Waals surface area contributed by atoms with Gasteiger partial charge in [0.15, 0.2) is 5.76 Å². The lowest BCUT2D eigenvalue weighted by molar-refractivity contribution is 0.0697. The largest absolute Gasteiger partial charge is 0.478 e. The molecule has 1 aromatic carbocycles. The van der Waals surface area contributed by atoms with Gasteiger partial charge >= 0.3 is 5.97 Å². The molecule has 7 heteroatoms. The number of carbonyl (C=O) groups is 1. The van der Waals surface area contributed by atoms with Gasteiger partial charge in [-0.3, -0.25) is 4.90 Å². The molecule has 1 saturated heterocycles. The van der Waals surface area contributed by atoms with E-state index in [1.807, 2.05) is 32.2 Å². The van der Waals surface area contributed by atoms with Crippen molar-refractivity contribution in [2.24, 2.45) is 0 Å². The molecule has 0 unspecified atom stereocenters. The summed E-state index contributed by atoms with van der Waals surface area (Å²) in [5.41, 5.74) is 2.14. The van der Waals surface area contributed by atoms with Crippen molar-refractivity contribution in [2.45, 2.75) is 38.6 Å². The SMILES string of the molecule is Cc1cc(CN2C[C@@H](F)C[C@H]2CN(C)Cc2ccc(C(=O)O)cc2)on1. The number of nitrogens with zero attached hydrogens (tertiary/aromatic N) is 3. The zero-order valence-corrected chi connectivity index (χ0v) is 15.1. The second-order valence-corrected chi connectivity index (χ2v) is 7.05. The molecule has 1 aromatic heterocycles. The third kappa shape index (κ3) is 4.68. The summed E-state index contributed by atoms with van der Waals surface area (Å²) in [4.78, 5) is 15.2. The summed E-state index contributed by atoms with van der Waals surface area (Å²) in [6, 6.07) is 8.85. The number of alkyl halides is 1. The molecule has 6 nitrogen and oxygen atoms in total. The van der Waals surface area contributed by atoms with Crippen molar-refractivity contribution in [3.05, 3.63) is 52.9 Å². The molecular formula is C19H24FN3O3. The molecular weight excluding hydrogens is 337 g/mol. The van der Waals surface area contributed by atoms with Gasteiger partial charge in [0, 0.05) is 31.7 Å². The number of hydrogen-bond acceptors (Lipinski definition) is 5. The van der Waals surface area contributed by atoms with Crippen LogP contribution in [0, 0.1) is 6.92 Å². The number of hydrogen-bond donors (Lipinski definition) is 1. The Bertz CT molecular complexity index is 747. The van der Waals surface area contributed by atoms with Crippen molar-refractivity contribution in [3.8, 4) is 0 Å². The Morgan fingerprint density at radius 2 is 2.15 bits per heavy atom. The van der Waals surface area contributed by atoms with E-state index in [1.54, 1.807) is 12.1 Å². The highest BCUT2D eigenvalue weighted by atomic mass is 19.1. The highest BCUT2D eigenvalue weighted by molar-refractivity contribution is 5.87. The van der Waals surface area contributed by atoms with Gasteiger partial charge in [0.25, 0.3) is 0 Å². The van der Waals surface area contributed by atoms with Crippen LogP contribution in [0.4, 0.5) is 4.39 Å². The number of likely N-dealkylation sites (N-methyl/N-ethyl adjacent to an activating group) is 1. The molecule has 0 amide bonds. The predicted molar refractivity (Wildman–Crippen MR) is 94.7 cm³/mol. The van der Waals surface area contributed by atoms with Crippen LogP contribution in [0.15, 0.2) is 34.9 Å². The molecule has 140 valence electrons. The van der Waals surface area contributed by atoms with Crippen LogP contribution >= 0.6 is 0 Å². The van der Waals surface area contributed by atoms with Gasteiger partial charge in [-0.15, -0.1) is 0 Å². The Morgan fingerprint density at radius 1 is 1.42 bits per heavy atom. The van der Waals surface area contributed by atoms with Crippen molar-refractivity contribution in [3.63, 3.8) is 0 Å². The van der Waals surface area contributed by atoms with Gasteiger partial charge in [0.05, 0.1) is 17.8 Å². The first kappa shape index (κ1) is 18.5. The van der Waals surface area contributed by atoms with Crippen molar-refractivity contribution >= 4 is 5.97 Å². The lowest BCUT2D eigenvalue weighted by atomic mass is 10.1. The molecule has 26 heavy (non-hydrogen) atoms. The third-order valence-corrected chi connectivity index (χ3v) is 4.69. The summed E-state index contributed by atoms with van der Waals surface area (Å²) in [5, 5.41) is 12.9. The van der Waals surface area contributed by atoms with Crippen molar-refractivity contribution in [1.82, 2.24) is 15.0 Å². The summed E-state index contributed by atoms with van der Waals surface area (Å²) in [6.07, 6.45) is -0.317. The van der Waals surface area contributed by atoms with E-state index in [2.05, 4.69) is 15.0 Å². The lowest BCUT2D eigenvalue weighted by Crippen LogP contribution is -2.38. The number of aromatic carboxylic acids is 1. The van der Waals surface area contributed by atoms with E-state index in [9.17, 15) is 9.18 Å². The highest BCUT2D eigenvalue weighted by Gasteiger charge is 2.33.